The SMILES string of the molecule is CCCCCCCCCCC1COCN2CCOCCOCC/N=C(/COCCOCC2)CO1. The van der Waals surface area contributed by atoms with E-state index in [-0.39, 0.29) is 6.10 Å². The summed E-state index contributed by atoms with van der Waals surface area (Å²) in [6.07, 6.45) is 11.6. The Kier molecular flexibility index (Phi) is 18.9. The number of aliphatic imine (C=N–C) groups is 1. The Hall–Kier alpha value is -0.610. The number of fused-ring (bicyclic) bond motifs is 7. The molecule has 8 heteroatoms. The summed E-state index contributed by atoms with van der Waals surface area (Å²) in [6, 6.07) is 0. The van der Waals surface area contributed by atoms with Crippen LogP contribution in [-0.4, -0.2) is 109 Å². The summed E-state index contributed by atoms with van der Waals surface area (Å²) in [6.45, 7) is 10.7. The number of hydrogen-bond donors (Lipinski definition) is 0. The topological polar surface area (TPSA) is 71.0 Å². The lowest BCUT2D eigenvalue weighted by Crippen LogP contribution is -2.35. The summed E-state index contributed by atoms with van der Waals surface area (Å²) >= 11 is 0. The molecule has 0 saturated carbocycles. The van der Waals surface area contributed by atoms with Gasteiger partial charge in [0.25, 0.3) is 0 Å². The van der Waals surface area contributed by atoms with Crippen molar-refractivity contribution in [2.75, 3.05) is 92.4 Å². The van der Waals surface area contributed by atoms with Crippen molar-refractivity contribution in [3.8, 4) is 0 Å². The van der Waals surface area contributed by atoms with Crippen LogP contribution in [0.2, 0.25) is 0 Å². The van der Waals surface area contributed by atoms with Gasteiger partial charge in [0, 0.05) is 13.1 Å². The molecule has 2 bridgehead atoms. The van der Waals surface area contributed by atoms with Crippen molar-refractivity contribution >= 4 is 5.71 Å². The van der Waals surface area contributed by atoms with Crippen LogP contribution in [0.25, 0.3) is 0 Å². The fourth-order valence-electron chi connectivity index (χ4n) is 4.01. The molecule has 0 spiro atoms. The third-order valence-electron chi connectivity index (χ3n) is 6.13. The quantitative estimate of drug-likeness (QED) is 0.460. The molecular weight excluding hydrogens is 436 g/mol. The minimum Gasteiger partial charge on any atom is -0.378 e. The predicted molar refractivity (Wildman–Crippen MR) is 135 cm³/mol. The van der Waals surface area contributed by atoms with Crippen LogP contribution in [0.5, 0.6) is 0 Å². The second-order valence-electron chi connectivity index (χ2n) is 9.15. The van der Waals surface area contributed by atoms with Crippen molar-refractivity contribution in [3.05, 3.63) is 0 Å². The van der Waals surface area contributed by atoms with Crippen LogP contribution >= 0.6 is 0 Å². The third kappa shape index (κ3) is 16.1. The molecule has 2 heterocycles. The van der Waals surface area contributed by atoms with Gasteiger partial charge in [-0.25, -0.2) is 0 Å². The minimum atomic E-state index is 0.0664. The average Bonchev–Trinajstić information content (AvgIpc) is 2.85. The first-order valence-corrected chi connectivity index (χ1v) is 13.6. The normalized spacial score (nSPS) is 26.8. The highest BCUT2D eigenvalue weighted by Crippen LogP contribution is 2.13. The molecule has 2 atom stereocenters. The van der Waals surface area contributed by atoms with Crippen LogP contribution in [-0.2, 0) is 28.4 Å². The average molecular weight is 487 g/mol. The molecule has 8 nitrogen and oxygen atoms in total. The van der Waals surface area contributed by atoms with Gasteiger partial charge in [0.1, 0.15) is 0 Å². The second-order valence-corrected chi connectivity index (χ2v) is 9.15. The van der Waals surface area contributed by atoms with Gasteiger partial charge in [-0.1, -0.05) is 58.3 Å². The van der Waals surface area contributed by atoms with E-state index in [0.717, 1.165) is 25.2 Å². The van der Waals surface area contributed by atoms with E-state index in [2.05, 4.69) is 16.8 Å². The van der Waals surface area contributed by atoms with Gasteiger partial charge in [-0.05, 0) is 6.42 Å². The molecule has 2 aliphatic rings. The maximum Gasteiger partial charge on any atom is 0.0993 e. The zero-order valence-electron chi connectivity index (χ0n) is 21.7. The zero-order chi connectivity index (χ0) is 23.9. The highest BCUT2D eigenvalue weighted by atomic mass is 16.5. The first kappa shape index (κ1) is 29.6. The Morgan fingerprint density at radius 3 is 2.09 bits per heavy atom. The van der Waals surface area contributed by atoms with Crippen molar-refractivity contribution in [2.45, 2.75) is 70.8 Å². The van der Waals surface area contributed by atoms with Crippen LogP contribution in [0.1, 0.15) is 64.7 Å². The molecule has 0 aromatic heterocycles. The van der Waals surface area contributed by atoms with Crippen molar-refractivity contribution in [2.24, 2.45) is 4.99 Å². The third-order valence-corrected chi connectivity index (χ3v) is 6.13. The monoisotopic (exact) mass is 486 g/mol. The molecule has 1 fully saturated rings. The summed E-state index contributed by atoms with van der Waals surface area (Å²) in [5, 5.41) is 0. The van der Waals surface area contributed by atoms with E-state index in [1.807, 2.05) is 0 Å². The van der Waals surface area contributed by atoms with Crippen molar-refractivity contribution < 1.29 is 28.4 Å². The van der Waals surface area contributed by atoms with Gasteiger partial charge >= 0.3 is 0 Å². The second kappa shape index (κ2) is 21.7. The molecule has 0 amide bonds. The van der Waals surface area contributed by atoms with Gasteiger partial charge < -0.3 is 28.4 Å². The largest absolute Gasteiger partial charge is 0.378 e. The van der Waals surface area contributed by atoms with E-state index in [4.69, 9.17) is 28.4 Å². The predicted octanol–water partition coefficient (Wildman–Crippen LogP) is 3.71. The lowest BCUT2D eigenvalue weighted by molar-refractivity contribution is -0.0534. The Labute approximate surface area is 207 Å². The fourth-order valence-corrected chi connectivity index (χ4v) is 4.01. The van der Waals surface area contributed by atoms with E-state index in [1.165, 1.54) is 51.4 Å². The van der Waals surface area contributed by atoms with E-state index >= 15 is 0 Å². The summed E-state index contributed by atoms with van der Waals surface area (Å²) < 4.78 is 35.4. The maximum absolute atomic E-state index is 6.30. The highest BCUT2D eigenvalue weighted by molar-refractivity contribution is 5.87. The van der Waals surface area contributed by atoms with E-state index in [9.17, 15) is 0 Å². The standard InChI is InChI=1S/C26H50N2O6/c1-2-3-4-5-6-7-8-9-10-26-23-33-24-28-12-15-30-18-17-29-14-11-27-25(22-34-26)21-32-20-19-31-16-13-28/h26H,2-24H2,1H3/b27-25-. The first-order chi connectivity index (χ1) is 16.9. The van der Waals surface area contributed by atoms with Crippen LogP contribution in [0.4, 0.5) is 0 Å². The van der Waals surface area contributed by atoms with Gasteiger partial charge in [0.2, 0.25) is 0 Å². The Morgan fingerprint density at radius 1 is 0.706 bits per heavy atom. The van der Waals surface area contributed by atoms with E-state index in [0.29, 0.717) is 79.3 Å². The van der Waals surface area contributed by atoms with Gasteiger partial charge in [-0.15, -0.1) is 0 Å². The van der Waals surface area contributed by atoms with Crippen molar-refractivity contribution in [3.63, 3.8) is 0 Å². The molecule has 0 radical (unpaired) electrons. The molecular formula is C26H50N2O6. The van der Waals surface area contributed by atoms with Crippen LogP contribution < -0.4 is 0 Å². The number of unbranched alkanes of at least 4 members (excludes halogenated alkanes) is 7. The molecule has 34 heavy (non-hydrogen) atoms. The van der Waals surface area contributed by atoms with Crippen LogP contribution in [0.3, 0.4) is 0 Å². The number of ether oxygens (including phenoxy) is 6. The minimum absolute atomic E-state index is 0.0664. The Bertz CT molecular complexity index is 494. The van der Waals surface area contributed by atoms with Crippen molar-refractivity contribution in [1.82, 2.24) is 4.90 Å². The fraction of sp³-hybridized carbons (Fsp3) is 0.962. The molecule has 1 saturated heterocycles. The first-order valence-electron chi connectivity index (χ1n) is 13.6. The van der Waals surface area contributed by atoms with Crippen LogP contribution in [0.15, 0.2) is 4.99 Å². The molecule has 0 aliphatic carbocycles. The number of nitrogens with zero attached hydrogens (tertiary/aromatic N) is 2. The Morgan fingerprint density at radius 2 is 1.35 bits per heavy atom. The van der Waals surface area contributed by atoms with E-state index < -0.39 is 0 Å². The molecule has 2 aliphatic heterocycles. The summed E-state index contributed by atoms with van der Waals surface area (Å²) in [4.78, 5) is 6.92. The maximum atomic E-state index is 6.30. The molecule has 0 aromatic rings. The van der Waals surface area contributed by atoms with Gasteiger partial charge in [0.15, 0.2) is 0 Å². The van der Waals surface area contributed by atoms with Crippen LogP contribution in [0, 0.1) is 0 Å². The zero-order valence-corrected chi connectivity index (χ0v) is 21.7. The molecule has 0 N–H and O–H groups in total. The Balaban J connectivity index is 1.89. The lowest BCUT2D eigenvalue weighted by atomic mass is 10.1. The lowest BCUT2D eigenvalue weighted by Gasteiger charge is -2.24. The van der Waals surface area contributed by atoms with Crippen molar-refractivity contribution in [1.29, 1.82) is 0 Å². The van der Waals surface area contributed by atoms with Gasteiger partial charge in [-0.3, -0.25) is 9.89 Å². The molecule has 0 aromatic carbocycles. The summed E-state index contributed by atoms with van der Waals surface area (Å²) in [5.41, 5.74) is 0.918. The summed E-state index contributed by atoms with van der Waals surface area (Å²) in [7, 11) is 0. The number of rotatable bonds is 9. The van der Waals surface area contributed by atoms with Gasteiger partial charge in [-0.2, -0.15) is 0 Å². The summed E-state index contributed by atoms with van der Waals surface area (Å²) in [5.74, 6) is 0. The molecule has 2 unspecified atom stereocenters. The highest BCUT2D eigenvalue weighted by Gasteiger charge is 2.14. The molecule has 200 valence electrons. The van der Waals surface area contributed by atoms with E-state index in [1.54, 1.807) is 0 Å². The molecule has 2 rings (SSSR count). The smallest absolute Gasteiger partial charge is 0.0993 e. The van der Waals surface area contributed by atoms with Gasteiger partial charge in [0.05, 0.1) is 91.2 Å². The number of hydrogen-bond acceptors (Lipinski definition) is 8.